The first kappa shape index (κ1) is 13.4. The lowest BCUT2D eigenvalue weighted by molar-refractivity contribution is 0.517. The lowest BCUT2D eigenvalue weighted by atomic mass is 10.4. The molecule has 0 aliphatic rings. The van der Waals surface area contributed by atoms with Crippen molar-refractivity contribution < 1.29 is 8.42 Å². The van der Waals surface area contributed by atoms with Crippen molar-refractivity contribution in [2.45, 2.75) is 38.8 Å². The Morgan fingerprint density at radius 3 is 2.14 bits per heavy atom. The molecule has 0 aliphatic heterocycles. The van der Waals surface area contributed by atoms with Crippen LogP contribution in [-0.4, -0.2) is 18.2 Å². The molecule has 0 spiro atoms. The van der Waals surface area contributed by atoms with E-state index in [2.05, 4.69) is 5.10 Å². The Hall–Kier alpha value is -0.550. The highest BCUT2D eigenvalue weighted by atomic mass is 35.7. The van der Waals surface area contributed by atoms with Crippen molar-refractivity contribution in [1.29, 1.82) is 0 Å². The summed E-state index contributed by atoms with van der Waals surface area (Å²) in [5, 5.41) is 3.68. The first-order valence-electron chi connectivity index (χ1n) is 4.41. The molecular formula is C8H15ClN2O2S. The Kier molecular flexibility index (Phi) is 5.15. The van der Waals surface area contributed by atoms with Crippen LogP contribution >= 0.6 is 10.7 Å². The Balaban J connectivity index is 0.000000791. The quantitative estimate of drug-likeness (QED) is 0.744. The van der Waals surface area contributed by atoms with Crippen LogP contribution in [0.2, 0.25) is 0 Å². The predicted octanol–water partition coefficient (Wildman–Crippen LogP) is 2.42. The molecular weight excluding hydrogens is 224 g/mol. The number of hydrogen-bond donors (Lipinski definition) is 0. The summed E-state index contributed by atoms with van der Waals surface area (Å²) in [5.74, 6) is 0. The SMILES string of the molecule is CC.CC(C)n1ccc(S(=O)(=O)Cl)n1. The fourth-order valence-corrected chi connectivity index (χ4v) is 1.40. The highest BCUT2D eigenvalue weighted by molar-refractivity contribution is 8.13. The van der Waals surface area contributed by atoms with Crippen molar-refractivity contribution in [3.63, 3.8) is 0 Å². The van der Waals surface area contributed by atoms with E-state index in [-0.39, 0.29) is 11.1 Å². The highest BCUT2D eigenvalue weighted by Gasteiger charge is 2.13. The van der Waals surface area contributed by atoms with Crippen LogP contribution in [0.5, 0.6) is 0 Å². The molecule has 1 aromatic heterocycles. The second-order valence-corrected chi connectivity index (χ2v) is 5.18. The number of hydrogen-bond acceptors (Lipinski definition) is 3. The lowest BCUT2D eigenvalue weighted by Gasteiger charge is -2.02. The molecule has 0 aromatic carbocycles. The minimum absolute atomic E-state index is 0.0992. The summed E-state index contributed by atoms with van der Waals surface area (Å²) >= 11 is 0. The van der Waals surface area contributed by atoms with Gasteiger partial charge in [-0.05, 0) is 19.9 Å². The van der Waals surface area contributed by atoms with E-state index in [0.29, 0.717) is 0 Å². The van der Waals surface area contributed by atoms with E-state index < -0.39 is 9.05 Å². The van der Waals surface area contributed by atoms with Gasteiger partial charge in [0.05, 0.1) is 0 Å². The fourth-order valence-electron chi connectivity index (χ4n) is 0.738. The summed E-state index contributed by atoms with van der Waals surface area (Å²) < 4.78 is 23.1. The maximum atomic E-state index is 10.8. The van der Waals surface area contributed by atoms with Crippen molar-refractivity contribution in [2.75, 3.05) is 0 Å². The van der Waals surface area contributed by atoms with Gasteiger partial charge in [0, 0.05) is 22.9 Å². The molecule has 0 aliphatic carbocycles. The summed E-state index contributed by atoms with van der Waals surface area (Å²) in [7, 11) is 1.40. The third-order valence-corrected chi connectivity index (χ3v) is 2.55. The zero-order valence-corrected chi connectivity index (χ0v) is 10.3. The summed E-state index contributed by atoms with van der Waals surface area (Å²) in [4.78, 5) is 0. The third kappa shape index (κ3) is 3.67. The molecule has 0 saturated carbocycles. The molecule has 0 saturated heterocycles. The first-order valence-corrected chi connectivity index (χ1v) is 6.72. The van der Waals surface area contributed by atoms with Crippen LogP contribution in [0.3, 0.4) is 0 Å². The van der Waals surface area contributed by atoms with Crippen molar-refractivity contribution in [3.05, 3.63) is 12.3 Å². The molecule has 0 unspecified atom stereocenters. The summed E-state index contributed by atoms with van der Waals surface area (Å²) in [6, 6.07) is 1.51. The molecule has 1 aromatic rings. The van der Waals surface area contributed by atoms with Gasteiger partial charge in [0.2, 0.25) is 0 Å². The van der Waals surface area contributed by atoms with Crippen LogP contribution in [-0.2, 0) is 9.05 Å². The largest absolute Gasteiger partial charge is 0.280 e. The van der Waals surface area contributed by atoms with Gasteiger partial charge in [-0.2, -0.15) is 5.10 Å². The number of aromatic nitrogens is 2. The van der Waals surface area contributed by atoms with Gasteiger partial charge in [-0.3, -0.25) is 4.68 Å². The van der Waals surface area contributed by atoms with Gasteiger partial charge >= 0.3 is 0 Å². The van der Waals surface area contributed by atoms with E-state index in [1.165, 1.54) is 10.7 Å². The standard InChI is InChI=1S/C6H9ClN2O2S.C2H6/c1-5(2)9-4-3-6(8-9)12(7,10)11;1-2/h3-5H,1-2H3;1-2H3. The van der Waals surface area contributed by atoms with Gasteiger partial charge < -0.3 is 0 Å². The van der Waals surface area contributed by atoms with Crippen LogP contribution < -0.4 is 0 Å². The van der Waals surface area contributed by atoms with Gasteiger partial charge in [-0.1, -0.05) is 13.8 Å². The Labute approximate surface area is 89.3 Å². The van der Waals surface area contributed by atoms with Crippen LogP contribution in [0.25, 0.3) is 0 Å². The van der Waals surface area contributed by atoms with Gasteiger partial charge in [0.25, 0.3) is 9.05 Å². The second kappa shape index (κ2) is 5.36. The molecule has 4 nitrogen and oxygen atoms in total. The molecule has 6 heteroatoms. The van der Waals surface area contributed by atoms with Crippen molar-refractivity contribution in [2.24, 2.45) is 0 Å². The molecule has 0 atom stereocenters. The zero-order chi connectivity index (χ0) is 11.4. The fraction of sp³-hybridized carbons (Fsp3) is 0.625. The van der Waals surface area contributed by atoms with Crippen molar-refractivity contribution >= 4 is 19.7 Å². The summed E-state index contributed by atoms with van der Waals surface area (Å²) in [6.45, 7) is 7.80. The Morgan fingerprint density at radius 1 is 1.43 bits per heavy atom. The number of rotatable bonds is 2. The predicted molar refractivity (Wildman–Crippen MR) is 57.0 cm³/mol. The minimum atomic E-state index is -3.68. The highest BCUT2D eigenvalue weighted by Crippen LogP contribution is 2.13. The lowest BCUT2D eigenvalue weighted by Crippen LogP contribution is -2.02. The summed E-state index contributed by atoms with van der Waals surface area (Å²) in [5.41, 5.74) is 0. The van der Waals surface area contributed by atoms with E-state index in [9.17, 15) is 8.42 Å². The molecule has 0 fully saturated rings. The van der Waals surface area contributed by atoms with Gasteiger partial charge in [-0.25, -0.2) is 8.42 Å². The minimum Gasteiger partial charge on any atom is -0.269 e. The summed E-state index contributed by atoms with van der Waals surface area (Å²) in [6.07, 6.45) is 1.58. The zero-order valence-electron chi connectivity index (χ0n) is 8.73. The van der Waals surface area contributed by atoms with E-state index >= 15 is 0 Å². The number of halogens is 1. The van der Waals surface area contributed by atoms with E-state index in [1.807, 2.05) is 27.7 Å². The van der Waals surface area contributed by atoms with Crippen LogP contribution in [0, 0.1) is 0 Å². The van der Waals surface area contributed by atoms with Gasteiger partial charge in [-0.15, -0.1) is 0 Å². The molecule has 14 heavy (non-hydrogen) atoms. The van der Waals surface area contributed by atoms with Gasteiger partial charge in [0.1, 0.15) is 0 Å². The molecule has 1 heterocycles. The Bertz CT molecular complexity index is 370. The average Bonchev–Trinajstić information content (AvgIpc) is 2.54. The van der Waals surface area contributed by atoms with E-state index in [1.54, 1.807) is 6.20 Å². The Morgan fingerprint density at radius 2 is 1.93 bits per heavy atom. The van der Waals surface area contributed by atoms with Crippen LogP contribution in [0.1, 0.15) is 33.7 Å². The van der Waals surface area contributed by atoms with E-state index in [0.717, 1.165) is 0 Å². The molecule has 82 valence electrons. The average molecular weight is 239 g/mol. The topological polar surface area (TPSA) is 52.0 Å². The van der Waals surface area contributed by atoms with Gasteiger partial charge in [0.15, 0.2) is 5.03 Å². The molecule has 0 amide bonds. The monoisotopic (exact) mass is 238 g/mol. The molecule has 0 bridgehead atoms. The van der Waals surface area contributed by atoms with Crippen LogP contribution in [0.15, 0.2) is 17.3 Å². The van der Waals surface area contributed by atoms with Crippen molar-refractivity contribution in [3.8, 4) is 0 Å². The van der Waals surface area contributed by atoms with Crippen LogP contribution in [0.4, 0.5) is 0 Å². The van der Waals surface area contributed by atoms with Crippen molar-refractivity contribution in [1.82, 2.24) is 9.78 Å². The smallest absolute Gasteiger partial charge is 0.269 e. The van der Waals surface area contributed by atoms with E-state index in [4.69, 9.17) is 10.7 Å². The molecule has 0 radical (unpaired) electrons. The maximum absolute atomic E-state index is 10.8. The normalized spacial score (nSPS) is 11.0. The second-order valence-electron chi connectivity index (χ2n) is 2.67. The molecule has 1 rings (SSSR count). The number of nitrogens with zero attached hydrogens (tertiary/aromatic N) is 2. The third-order valence-electron chi connectivity index (χ3n) is 1.36. The maximum Gasteiger partial charge on any atom is 0.280 e. The molecule has 0 N–H and O–H groups in total. The first-order chi connectivity index (χ1) is 6.41.